The van der Waals surface area contributed by atoms with E-state index in [1.807, 2.05) is 0 Å². The molecule has 0 aliphatic carbocycles. The fraction of sp³-hybridized carbons (Fsp3) is 0.133. The minimum absolute atomic E-state index is 0.133. The topological polar surface area (TPSA) is 47.6 Å². The second-order valence-electron chi connectivity index (χ2n) is 4.27. The van der Waals surface area contributed by atoms with E-state index in [-0.39, 0.29) is 24.1 Å². The molecule has 0 fully saturated rings. The first kappa shape index (κ1) is 15.6. The van der Waals surface area contributed by atoms with Gasteiger partial charge in [0, 0.05) is 6.07 Å². The van der Waals surface area contributed by atoms with E-state index < -0.39 is 0 Å². The molecule has 21 heavy (non-hydrogen) atoms. The van der Waals surface area contributed by atoms with Crippen molar-refractivity contribution in [1.29, 1.82) is 0 Å². The molecule has 110 valence electrons. The minimum Gasteiger partial charge on any atom is -0.489 e. The molecular weight excluding hydrogens is 314 g/mol. The van der Waals surface area contributed by atoms with Crippen molar-refractivity contribution in [3.05, 3.63) is 58.9 Å². The van der Waals surface area contributed by atoms with Crippen molar-refractivity contribution >= 4 is 34.7 Å². The van der Waals surface area contributed by atoms with Crippen LogP contribution in [0.5, 0.6) is 5.75 Å². The van der Waals surface area contributed by atoms with Gasteiger partial charge in [0.05, 0.1) is 16.6 Å². The van der Waals surface area contributed by atoms with Crippen molar-refractivity contribution in [2.75, 3.05) is 5.88 Å². The monoisotopic (exact) mass is 326 g/mol. The summed E-state index contributed by atoms with van der Waals surface area (Å²) in [6, 6.07) is 11.2. The van der Waals surface area contributed by atoms with E-state index in [0.717, 1.165) is 5.56 Å². The second kappa shape index (κ2) is 7.29. The minimum atomic E-state index is -0.296. The number of halogens is 3. The molecule has 0 aliphatic rings. The Labute approximate surface area is 132 Å². The number of hydrogen-bond donors (Lipinski definition) is 1. The number of nitrogens with two attached hydrogens (primary N) is 1. The van der Waals surface area contributed by atoms with Crippen LogP contribution in [0.3, 0.4) is 0 Å². The van der Waals surface area contributed by atoms with Gasteiger partial charge in [0.1, 0.15) is 24.0 Å². The van der Waals surface area contributed by atoms with Crippen LogP contribution in [-0.4, -0.2) is 11.7 Å². The van der Waals surface area contributed by atoms with Crippen molar-refractivity contribution in [3.8, 4) is 5.75 Å². The predicted octanol–water partition coefficient (Wildman–Crippen LogP) is 4.29. The number of ether oxygens (including phenoxy) is 1. The average molecular weight is 327 g/mol. The molecule has 2 aromatic rings. The maximum atomic E-state index is 13.1. The van der Waals surface area contributed by atoms with Gasteiger partial charge in [-0.15, -0.1) is 11.6 Å². The Morgan fingerprint density at radius 3 is 2.71 bits per heavy atom. The first-order valence-corrected chi connectivity index (χ1v) is 7.05. The summed E-state index contributed by atoms with van der Waals surface area (Å²) < 4.78 is 18.6. The van der Waals surface area contributed by atoms with Crippen LogP contribution < -0.4 is 10.5 Å². The maximum Gasteiger partial charge on any atom is 0.123 e. The standard InChI is InChI=1S/C15H13Cl2FN2O/c16-8-15(19)20-14-5-4-12(7-13(14)17)21-9-10-2-1-3-11(18)6-10/h1-7H,8-9H2,(H2,19,20). The zero-order valence-corrected chi connectivity index (χ0v) is 12.5. The van der Waals surface area contributed by atoms with E-state index in [1.54, 1.807) is 30.3 Å². The first-order valence-electron chi connectivity index (χ1n) is 6.14. The number of hydrogen-bond acceptors (Lipinski definition) is 2. The first-order chi connectivity index (χ1) is 10.1. The van der Waals surface area contributed by atoms with Crippen LogP contribution in [-0.2, 0) is 6.61 Å². The number of alkyl halides is 1. The summed E-state index contributed by atoms with van der Waals surface area (Å²) in [5, 5.41) is 0.403. The molecule has 0 unspecified atom stereocenters. The highest BCUT2D eigenvalue weighted by Gasteiger charge is 2.04. The molecule has 0 heterocycles. The molecule has 0 aromatic heterocycles. The number of benzene rings is 2. The third kappa shape index (κ3) is 4.62. The summed E-state index contributed by atoms with van der Waals surface area (Å²) in [6.45, 7) is 0.251. The quantitative estimate of drug-likeness (QED) is 0.506. The lowest BCUT2D eigenvalue weighted by Gasteiger charge is -2.08. The average Bonchev–Trinajstić information content (AvgIpc) is 2.47. The highest BCUT2D eigenvalue weighted by atomic mass is 35.5. The molecule has 2 N–H and O–H groups in total. The Bertz CT molecular complexity index is 662. The summed E-state index contributed by atoms with van der Waals surface area (Å²) in [7, 11) is 0. The van der Waals surface area contributed by atoms with Gasteiger partial charge >= 0.3 is 0 Å². The van der Waals surface area contributed by atoms with Gasteiger partial charge in [0.25, 0.3) is 0 Å². The summed E-state index contributed by atoms with van der Waals surface area (Å²) in [4.78, 5) is 4.07. The molecule has 0 radical (unpaired) electrons. The fourth-order valence-electron chi connectivity index (χ4n) is 1.65. The molecule has 0 spiro atoms. The molecule has 0 saturated carbocycles. The highest BCUT2D eigenvalue weighted by Crippen LogP contribution is 2.29. The third-order valence-corrected chi connectivity index (χ3v) is 3.19. The Morgan fingerprint density at radius 2 is 2.05 bits per heavy atom. The number of nitrogens with zero attached hydrogens (tertiary/aromatic N) is 1. The summed E-state index contributed by atoms with van der Waals surface area (Å²) >= 11 is 11.7. The molecule has 0 aliphatic heterocycles. The van der Waals surface area contributed by atoms with Gasteiger partial charge in [-0.1, -0.05) is 23.7 Å². The van der Waals surface area contributed by atoms with Crippen molar-refractivity contribution in [1.82, 2.24) is 0 Å². The Balaban J connectivity index is 2.07. The van der Waals surface area contributed by atoms with Crippen LogP contribution in [0, 0.1) is 5.82 Å². The van der Waals surface area contributed by atoms with Crippen molar-refractivity contribution < 1.29 is 9.13 Å². The van der Waals surface area contributed by atoms with Gasteiger partial charge in [-0.3, -0.25) is 0 Å². The largest absolute Gasteiger partial charge is 0.489 e. The maximum absolute atomic E-state index is 13.1. The van der Waals surface area contributed by atoms with E-state index in [0.29, 0.717) is 16.5 Å². The van der Waals surface area contributed by atoms with Crippen LogP contribution in [0.4, 0.5) is 10.1 Å². The van der Waals surface area contributed by atoms with Crippen molar-refractivity contribution in [2.24, 2.45) is 10.7 Å². The molecule has 3 nitrogen and oxygen atoms in total. The lowest BCUT2D eigenvalue weighted by molar-refractivity contribution is 0.305. The highest BCUT2D eigenvalue weighted by molar-refractivity contribution is 6.33. The number of rotatable bonds is 5. The van der Waals surface area contributed by atoms with Crippen LogP contribution in [0.25, 0.3) is 0 Å². The molecule has 0 saturated heterocycles. The number of amidine groups is 1. The van der Waals surface area contributed by atoms with Crippen LogP contribution >= 0.6 is 23.2 Å². The molecular formula is C15H13Cl2FN2O. The molecule has 0 amide bonds. The Morgan fingerprint density at radius 1 is 1.24 bits per heavy atom. The van der Waals surface area contributed by atoms with Gasteiger partial charge in [-0.05, 0) is 29.8 Å². The Kier molecular flexibility index (Phi) is 5.42. The normalized spacial score (nSPS) is 11.5. The van der Waals surface area contributed by atoms with Crippen molar-refractivity contribution in [3.63, 3.8) is 0 Å². The van der Waals surface area contributed by atoms with E-state index in [4.69, 9.17) is 33.7 Å². The molecule has 6 heteroatoms. The zero-order valence-electron chi connectivity index (χ0n) is 11.0. The van der Waals surface area contributed by atoms with Crippen LogP contribution in [0.2, 0.25) is 5.02 Å². The van der Waals surface area contributed by atoms with E-state index in [1.165, 1.54) is 12.1 Å². The summed E-state index contributed by atoms with van der Waals surface area (Å²) in [6.07, 6.45) is 0. The van der Waals surface area contributed by atoms with E-state index in [9.17, 15) is 4.39 Å². The molecule has 2 rings (SSSR count). The predicted molar refractivity (Wildman–Crippen MR) is 84.2 cm³/mol. The smallest absolute Gasteiger partial charge is 0.123 e. The van der Waals surface area contributed by atoms with Crippen molar-refractivity contribution in [2.45, 2.75) is 6.61 Å². The fourth-order valence-corrected chi connectivity index (χ4v) is 1.92. The molecule has 0 bridgehead atoms. The van der Waals surface area contributed by atoms with E-state index in [2.05, 4.69) is 4.99 Å². The summed E-state index contributed by atoms with van der Waals surface area (Å²) in [5.41, 5.74) is 6.81. The summed E-state index contributed by atoms with van der Waals surface area (Å²) in [5.74, 6) is 0.684. The van der Waals surface area contributed by atoms with Gasteiger partial charge in [-0.2, -0.15) is 0 Å². The Hall–Kier alpha value is -1.78. The van der Waals surface area contributed by atoms with Crippen LogP contribution in [0.15, 0.2) is 47.5 Å². The zero-order chi connectivity index (χ0) is 15.2. The van der Waals surface area contributed by atoms with Gasteiger partial charge in [0.2, 0.25) is 0 Å². The third-order valence-electron chi connectivity index (χ3n) is 2.61. The second-order valence-corrected chi connectivity index (χ2v) is 4.94. The van der Waals surface area contributed by atoms with Crippen LogP contribution in [0.1, 0.15) is 5.56 Å². The van der Waals surface area contributed by atoms with Gasteiger partial charge in [-0.25, -0.2) is 9.38 Å². The van der Waals surface area contributed by atoms with E-state index >= 15 is 0 Å². The van der Waals surface area contributed by atoms with Gasteiger partial charge in [0.15, 0.2) is 0 Å². The number of aliphatic imine (C=N–C) groups is 1. The molecule has 0 atom stereocenters. The van der Waals surface area contributed by atoms with Gasteiger partial charge < -0.3 is 10.5 Å². The lowest BCUT2D eigenvalue weighted by atomic mass is 10.2. The lowest BCUT2D eigenvalue weighted by Crippen LogP contribution is -2.12. The molecule has 2 aromatic carbocycles. The SMILES string of the molecule is NC(CCl)=Nc1ccc(OCc2cccc(F)c2)cc1Cl.